The minimum absolute atomic E-state index is 0.370. The van der Waals surface area contributed by atoms with Gasteiger partial charge in [0, 0.05) is 6.20 Å². The lowest BCUT2D eigenvalue weighted by molar-refractivity contribution is -0.124. The number of carbonyl (C=O) groups excluding carboxylic acids is 1. The van der Waals surface area contributed by atoms with Crippen LogP contribution in [0.4, 0.5) is 5.69 Å². The van der Waals surface area contributed by atoms with E-state index in [4.69, 9.17) is 16.2 Å². The van der Waals surface area contributed by atoms with E-state index in [0.717, 1.165) is 12.8 Å². The molecule has 0 radical (unpaired) electrons. The second-order valence-electron chi connectivity index (χ2n) is 6.75. The standard InChI is InChI=1S/C17H26N6O4/c1-2-3-4-10(19)16(26)22-13-11(7-24)27-17(14(13)25)23-8-21-12-9(18)5-6-20-15(12)23/h5-6,8,10-11,13-14,17,24-25H,2-4,7,19H2,1H3,(H2,18,20)(H,22,26)/t10?,11-,13?,14+,17-/m1/s1. The van der Waals surface area contributed by atoms with Gasteiger partial charge in [0.15, 0.2) is 11.9 Å². The Balaban J connectivity index is 1.79. The summed E-state index contributed by atoms with van der Waals surface area (Å²) in [5.41, 5.74) is 13.2. The fraction of sp³-hybridized carbons (Fsp3) is 0.588. The smallest absolute Gasteiger partial charge is 0.237 e. The molecule has 27 heavy (non-hydrogen) atoms. The number of nitrogens with zero attached hydrogens (tertiary/aromatic N) is 3. The number of hydrogen-bond acceptors (Lipinski definition) is 8. The zero-order chi connectivity index (χ0) is 19.6. The minimum Gasteiger partial charge on any atom is -0.397 e. The van der Waals surface area contributed by atoms with E-state index in [9.17, 15) is 15.0 Å². The van der Waals surface area contributed by atoms with Gasteiger partial charge in [-0.05, 0) is 12.5 Å². The first-order valence-corrected chi connectivity index (χ1v) is 9.05. The minimum atomic E-state index is -1.12. The maximum absolute atomic E-state index is 12.3. The third-order valence-electron chi connectivity index (χ3n) is 4.84. The first kappa shape index (κ1) is 19.5. The van der Waals surface area contributed by atoms with Crippen LogP contribution in [0.25, 0.3) is 11.2 Å². The predicted molar refractivity (Wildman–Crippen MR) is 98.4 cm³/mol. The van der Waals surface area contributed by atoms with Gasteiger partial charge >= 0.3 is 0 Å². The number of aromatic nitrogens is 3. The Hall–Kier alpha value is -2.27. The second-order valence-corrected chi connectivity index (χ2v) is 6.75. The maximum atomic E-state index is 12.3. The van der Waals surface area contributed by atoms with Crippen LogP contribution in [-0.4, -0.2) is 61.6 Å². The van der Waals surface area contributed by atoms with E-state index in [1.54, 1.807) is 10.6 Å². The van der Waals surface area contributed by atoms with Crippen molar-refractivity contribution in [3.8, 4) is 0 Å². The fourth-order valence-corrected chi connectivity index (χ4v) is 3.27. The number of aliphatic hydroxyl groups is 2. The Morgan fingerprint density at radius 1 is 1.48 bits per heavy atom. The molecular weight excluding hydrogens is 352 g/mol. The molecule has 10 heteroatoms. The molecule has 2 unspecified atom stereocenters. The van der Waals surface area contributed by atoms with E-state index in [1.165, 1.54) is 12.5 Å². The number of amides is 1. The van der Waals surface area contributed by atoms with Gasteiger partial charge in [-0.15, -0.1) is 0 Å². The zero-order valence-corrected chi connectivity index (χ0v) is 15.2. The quantitative estimate of drug-likeness (QED) is 0.421. The summed E-state index contributed by atoms with van der Waals surface area (Å²) >= 11 is 0. The van der Waals surface area contributed by atoms with E-state index in [2.05, 4.69) is 15.3 Å². The molecule has 3 heterocycles. The van der Waals surface area contributed by atoms with Gasteiger partial charge in [-0.3, -0.25) is 9.36 Å². The molecule has 0 aromatic carbocycles. The number of imidazole rings is 1. The molecule has 1 fully saturated rings. The molecule has 0 bridgehead atoms. The largest absolute Gasteiger partial charge is 0.397 e. The Kier molecular flexibility index (Phi) is 5.90. The van der Waals surface area contributed by atoms with Crippen LogP contribution in [-0.2, 0) is 9.53 Å². The van der Waals surface area contributed by atoms with Crippen LogP contribution in [0.5, 0.6) is 0 Å². The van der Waals surface area contributed by atoms with E-state index in [0.29, 0.717) is 23.3 Å². The van der Waals surface area contributed by atoms with Crippen molar-refractivity contribution in [3.63, 3.8) is 0 Å². The van der Waals surface area contributed by atoms with Crippen LogP contribution < -0.4 is 16.8 Å². The number of nitrogens with one attached hydrogen (secondary N) is 1. The Morgan fingerprint density at radius 3 is 2.96 bits per heavy atom. The summed E-state index contributed by atoms with van der Waals surface area (Å²) in [6.45, 7) is 1.65. The normalized spacial score (nSPS) is 26.4. The number of fused-ring (bicyclic) bond motifs is 1. The van der Waals surface area contributed by atoms with Crippen molar-refractivity contribution in [3.05, 3.63) is 18.6 Å². The lowest BCUT2D eigenvalue weighted by Crippen LogP contribution is -2.53. The van der Waals surface area contributed by atoms with Gasteiger partial charge in [0.05, 0.1) is 30.7 Å². The summed E-state index contributed by atoms with van der Waals surface area (Å²) in [5.74, 6) is -0.381. The average Bonchev–Trinajstić information content (AvgIpc) is 3.22. The maximum Gasteiger partial charge on any atom is 0.237 e. The molecule has 0 spiro atoms. The SMILES string of the molecule is CCCCC(N)C(=O)NC1[C@@H](CO)O[C@@H](n2cnc3c(N)ccnc32)[C@H]1O. The van der Waals surface area contributed by atoms with Crippen LogP contribution in [0.1, 0.15) is 32.4 Å². The summed E-state index contributed by atoms with van der Waals surface area (Å²) < 4.78 is 7.32. The van der Waals surface area contributed by atoms with Crippen LogP contribution >= 0.6 is 0 Å². The molecule has 10 nitrogen and oxygen atoms in total. The predicted octanol–water partition coefficient (Wildman–Crippen LogP) is -0.734. The number of nitrogens with two attached hydrogens (primary N) is 2. The van der Waals surface area contributed by atoms with E-state index in [-0.39, 0.29) is 12.5 Å². The molecule has 1 aliphatic rings. The highest BCUT2D eigenvalue weighted by Crippen LogP contribution is 2.32. The van der Waals surface area contributed by atoms with Crippen molar-refractivity contribution in [2.45, 2.75) is 56.7 Å². The Morgan fingerprint density at radius 2 is 2.26 bits per heavy atom. The van der Waals surface area contributed by atoms with Crippen LogP contribution in [0, 0.1) is 0 Å². The van der Waals surface area contributed by atoms with Crippen molar-refractivity contribution < 1.29 is 19.7 Å². The molecule has 7 N–H and O–H groups in total. The Labute approximate surface area is 156 Å². The highest BCUT2D eigenvalue weighted by Gasteiger charge is 2.46. The van der Waals surface area contributed by atoms with E-state index >= 15 is 0 Å². The topological polar surface area (TPSA) is 162 Å². The molecule has 1 aliphatic heterocycles. The number of nitrogen functional groups attached to an aromatic ring is 1. The molecule has 2 aromatic rings. The number of pyridine rings is 1. The summed E-state index contributed by atoms with van der Waals surface area (Å²) in [5, 5.41) is 23.1. The number of ether oxygens (including phenoxy) is 1. The second kappa shape index (κ2) is 8.17. The number of hydrogen-bond donors (Lipinski definition) is 5. The molecule has 1 saturated heterocycles. The zero-order valence-electron chi connectivity index (χ0n) is 15.2. The lowest BCUT2D eigenvalue weighted by Gasteiger charge is -2.22. The third kappa shape index (κ3) is 3.74. The monoisotopic (exact) mass is 378 g/mol. The van der Waals surface area contributed by atoms with Gasteiger partial charge in [0.25, 0.3) is 0 Å². The molecule has 148 valence electrons. The highest BCUT2D eigenvalue weighted by molar-refractivity contribution is 5.84. The van der Waals surface area contributed by atoms with Gasteiger partial charge in [-0.25, -0.2) is 9.97 Å². The summed E-state index contributed by atoms with van der Waals surface area (Å²) in [6, 6.07) is 0.146. The van der Waals surface area contributed by atoms with Crippen LogP contribution in [0.2, 0.25) is 0 Å². The van der Waals surface area contributed by atoms with Gasteiger partial charge in [0.1, 0.15) is 17.7 Å². The molecule has 5 atom stereocenters. The average molecular weight is 378 g/mol. The summed E-state index contributed by atoms with van der Waals surface area (Å²) in [7, 11) is 0. The summed E-state index contributed by atoms with van der Waals surface area (Å²) in [4.78, 5) is 20.8. The number of anilines is 1. The molecular formula is C17H26N6O4. The van der Waals surface area contributed by atoms with E-state index < -0.39 is 30.5 Å². The van der Waals surface area contributed by atoms with Gasteiger partial charge in [-0.1, -0.05) is 19.8 Å². The van der Waals surface area contributed by atoms with E-state index in [1.807, 2.05) is 6.92 Å². The van der Waals surface area contributed by atoms with Crippen molar-refractivity contribution in [2.24, 2.45) is 5.73 Å². The molecule has 2 aromatic heterocycles. The van der Waals surface area contributed by atoms with Gasteiger partial charge < -0.3 is 31.7 Å². The Bertz CT molecular complexity index is 797. The molecule has 1 amide bonds. The molecule has 0 saturated carbocycles. The first-order chi connectivity index (χ1) is 13.0. The summed E-state index contributed by atoms with van der Waals surface area (Å²) in [6.07, 6.45) is 2.53. The molecule has 3 rings (SSSR count). The van der Waals surface area contributed by atoms with Crippen molar-refractivity contribution >= 4 is 22.8 Å². The lowest BCUT2D eigenvalue weighted by atomic mass is 10.1. The van der Waals surface area contributed by atoms with Crippen molar-refractivity contribution in [1.82, 2.24) is 19.9 Å². The third-order valence-corrected chi connectivity index (χ3v) is 4.84. The van der Waals surface area contributed by atoms with Crippen molar-refractivity contribution in [2.75, 3.05) is 12.3 Å². The van der Waals surface area contributed by atoms with Gasteiger partial charge in [0.2, 0.25) is 5.91 Å². The number of aliphatic hydroxyl groups excluding tert-OH is 2. The van der Waals surface area contributed by atoms with Crippen LogP contribution in [0.15, 0.2) is 18.6 Å². The fourth-order valence-electron chi connectivity index (χ4n) is 3.27. The van der Waals surface area contributed by atoms with Crippen molar-refractivity contribution in [1.29, 1.82) is 0 Å². The highest BCUT2D eigenvalue weighted by atomic mass is 16.5. The van der Waals surface area contributed by atoms with Gasteiger partial charge in [-0.2, -0.15) is 0 Å². The van der Waals surface area contributed by atoms with Crippen LogP contribution in [0.3, 0.4) is 0 Å². The number of rotatable bonds is 7. The molecule has 0 aliphatic carbocycles. The number of unbranched alkanes of at least 4 members (excludes halogenated alkanes) is 1. The number of carbonyl (C=O) groups is 1. The first-order valence-electron chi connectivity index (χ1n) is 9.05.